The van der Waals surface area contributed by atoms with Gasteiger partial charge < -0.3 is 4.74 Å². The molecule has 0 aliphatic carbocycles. The fourth-order valence-corrected chi connectivity index (χ4v) is 7.42. The van der Waals surface area contributed by atoms with Gasteiger partial charge in [-0.3, -0.25) is 9.97 Å². The largest absolute Gasteiger partial charge is 0.493 e. The number of ether oxygens (including phenoxy) is 1. The van der Waals surface area contributed by atoms with Crippen LogP contribution in [0.2, 0.25) is 0 Å². The Bertz CT molecular complexity index is 1650. The molecular weight excluding hydrogens is 483 g/mol. The van der Waals surface area contributed by atoms with Gasteiger partial charge in [-0.15, -0.1) is 0 Å². The minimum atomic E-state index is -0.871. The summed E-state index contributed by atoms with van der Waals surface area (Å²) >= 11 is 0. The van der Waals surface area contributed by atoms with Crippen molar-refractivity contribution in [2.75, 3.05) is 6.61 Å². The summed E-state index contributed by atoms with van der Waals surface area (Å²) < 4.78 is 6.47. The normalized spacial score (nSPS) is 11.3. The maximum absolute atomic E-state index is 6.47. The van der Waals surface area contributed by atoms with Gasteiger partial charge in [-0.2, -0.15) is 0 Å². The number of rotatable bonds is 8. The Labute approximate surface area is 224 Å². The van der Waals surface area contributed by atoms with E-state index in [2.05, 4.69) is 104 Å². The average molecular weight is 513 g/mol. The number of hydrogen-bond donors (Lipinski definition) is 0. The van der Waals surface area contributed by atoms with Crippen molar-refractivity contribution in [3.63, 3.8) is 0 Å². The lowest BCUT2D eigenvalue weighted by atomic mass is 9.98. The van der Waals surface area contributed by atoms with Gasteiger partial charge in [0.05, 0.1) is 23.2 Å². The highest BCUT2D eigenvalue weighted by Crippen LogP contribution is 2.44. The average Bonchev–Trinajstić information content (AvgIpc) is 2.98. The molecule has 0 atom stereocenters. The number of unbranched alkanes of at least 4 members (excludes halogenated alkanes) is 1. The summed E-state index contributed by atoms with van der Waals surface area (Å²) in [6, 6.07) is 38.6. The highest BCUT2D eigenvalue weighted by Gasteiger charge is 2.26. The number of aromatic nitrogens is 2. The van der Waals surface area contributed by atoms with Crippen molar-refractivity contribution < 1.29 is 4.74 Å². The van der Waals surface area contributed by atoms with E-state index in [4.69, 9.17) is 14.7 Å². The molecule has 2 heterocycles. The zero-order valence-electron chi connectivity index (χ0n) is 21.4. The molecule has 0 spiro atoms. The lowest BCUT2D eigenvalue weighted by Gasteiger charge is -2.25. The van der Waals surface area contributed by atoms with Gasteiger partial charge in [-0.1, -0.05) is 98.3 Å². The lowest BCUT2D eigenvalue weighted by Crippen LogP contribution is -2.22. The first-order valence-corrected chi connectivity index (χ1v) is 14.5. The van der Waals surface area contributed by atoms with Crippen LogP contribution in [0.15, 0.2) is 122 Å². The van der Waals surface area contributed by atoms with Gasteiger partial charge in [0, 0.05) is 28.7 Å². The van der Waals surface area contributed by atoms with Gasteiger partial charge in [0.25, 0.3) is 0 Å². The molecule has 2 aromatic heterocycles. The van der Waals surface area contributed by atoms with E-state index in [1.807, 2.05) is 24.5 Å². The number of nitrogens with zero attached hydrogens (tertiary/aromatic N) is 2. The molecule has 6 rings (SSSR count). The number of pyridine rings is 2. The second-order valence-corrected chi connectivity index (χ2v) is 11.4. The van der Waals surface area contributed by atoms with Crippen LogP contribution in [0.5, 0.6) is 5.75 Å². The molecule has 0 aliphatic rings. The van der Waals surface area contributed by atoms with Gasteiger partial charge in [0.1, 0.15) is 5.75 Å². The first-order valence-electron chi connectivity index (χ1n) is 13.1. The van der Waals surface area contributed by atoms with E-state index < -0.39 is 7.92 Å². The summed E-state index contributed by atoms with van der Waals surface area (Å²) in [6.07, 6.45) is 5.84. The third-order valence-electron chi connectivity index (χ3n) is 6.76. The maximum Gasteiger partial charge on any atom is 0.129 e. The highest BCUT2D eigenvalue weighted by molar-refractivity contribution is 7.80. The summed E-state index contributed by atoms with van der Waals surface area (Å²) in [5, 5.41) is 6.04. The van der Waals surface area contributed by atoms with Crippen molar-refractivity contribution in [3.8, 4) is 16.9 Å². The molecule has 0 fully saturated rings. The second kappa shape index (κ2) is 11.1. The summed E-state index contributed by atoms with van der Waals surface area (Å²) in [4.78, 5) is 9.86. The van der Waals surface area contributed by atoms with Crippen LogP contribution in [0.1, 0.15) is 19.8 Å². The van der Waals surface area contributed by atoms with E-state index in [1.165, 1.54) is 15.9 Å². The molecule has 4 heteroatoms. The van der Waals surface area contributed by atoms with Crippen LogP contribution in [0.4, 0.5) is 0 Å². The van der Waals surface area contributed by atoms with Crippen molar-refractivity contribution in [2.24, 2.45) is 0 Å². The third kappa shape index (κ3) is 4.66. The second-order valence-electron chi connectivity index (χ2n) is 9.26. The summed E-state index contributed by atoms with van der Waals surface area (Å²) in [7, 11) is -0.871. The van der Waals surface area contributed by atoms with E-state index in [9.17, 15) is 0 Å². The van der Waals surface area contributed by atoms with Crippen molar-refractivity contribution in [2.45, 2.75) is 19.8 Å². The van der Waals surface area contributed by atoms with Crippen molar-refractivity contribution in [1.29, 1.82) is 0 Å². The molecule has 0 unspecified atom stereocenters. The Morgan fingerprint density at radius 2 is 1.18 bits per heavy atom. The minimum Gasteiger partial charge on any atom is -0.493 e. The van der Waals surface area contributed by atoms with Gasteiger partial charge >= 0.3 is 0 Å². The highest BCUT2D eigenvalue weighted by atomic mass is 31.1. The van der Waals surface area contributed by atoms with E-state index in [0.717, 1.165) is 51.5 Å². The van der Waals surface area contributed by atoms with Crippen LogP contribution in [0.25, 0.3) is 32.9 Å². The van der Waals surface area contributed by atoms with Gasteiger partial charge in [0.15, 0.2) is 0 Å². The minimum absolute atomic E-state index is 0.668. The zero-order chi connectivity index (χ0) is 25.7. The van der Waals surface area contributed by atoms with Crippen molar-refractivity contribution in [3.05, 3.63) is 122 Å². The molecule has 0 N–H and O–H groups in total. The number of benzene rings is 4. The topological polar surface area (TPSA) is 35.0 Å². The first-order chi connectivity index (χ1) is 18.8. The Morgan fingerprint density at radius 3 is 1.79 bits per heavy atom. The predicted octanol–water partition coefficient (Wildman–Crippen LogP) is 7.39. The van der Waals surface area contributed by atoms with E-state index >= 15 is 0 Å². The van der Waals surface area contributed by atoms with Crippen LogP contribution < -0.4 is 20.7 Å². The number of fused-ring (bicyclic) bond motifs is 2. The summed E-state index contributed by atoms with van der Waals surface area (Å²) in [6.45, 7) is 2.85. The van der Waals surface area contributed by atoms with Crippen LogP contribution in [-0.4, -0.2) is 16.6 Å². The van der Waals surface area contributed by atoms with Gasteiger partial charge in [-0.25, -0.2) is 0 Å². The van der Waals surface area contributed by atoms with Crippen LogP contribution in [-0.2, 0) is 0 Å². The molecular formula is C34H29N2OP. The molecule has 0 radical (unpaired) electrons. The van der Waals surface area contributed by atoms with Crippen LogP contribution >= 0.6 is 7.92 Å². The number of hydrogen-bond acceptors (Lipinski definition) is 3. The smallest absolute Gasteiger partial charge is 0.129 e. The predicted molar refractivity (Wildman–Crippen MR) is 162 cm³/mol. The monoisotopic (exact) mass is 512 g/mol. The fraction of sp³-hybridized carbons (Fsp3) is 0.118. The molecule has 3 nitrogen and oxygen atoms in total. The van der Waals surface area contributed by atoms with Crippen molar-refractivity contribution >= 4 is 45.6 Å². The molecule has 0 amide bonds. The molecule has 186 valence electrons. The van der Waals surface area contributed by atoms with Crippen LogP contribution in [0.3, 0.4) is 0 Å². The summed E-state index contributed by atoms with van der Waals surface area (Å²) in [5.41, 5.74) is 4.05. The molecule has 4 aromatic carbocycles. The van der Waals surface area contributed by atoms with Gasteiger partial charge in [0.2, 0.25) is 0 Å². The molecule has 0 saturated carbocycles. The fourth-order valence-electron chi connectivity index (χ4n) is 4.96. The molecule has 38 heavy (non-hydrogen) atoms. The standard InChI is InChI=1S/C34H29N2OP/c1-2-3-24-37-29-20-18-25-12-10-22-35-33(25)31(29)32-30(21-19-26-13-11-23-36-34(26)32)38(27-14-6-4-7-15-27)28-16-8-5-9-17-28/h4-23H,2-3,24H2,1H3. The molecule has 0 saturated heterocycles. The van der Waals surface area contributed by atoms with E-state index in [-0.39, 0.29) is 0 Å². The Kier molecular flexibility index (Phi) is 7.11. The van der Waals surface area contributed by atoms with Crippen molar-refractivity contribution in [1.82, 2.24) is 9.97 Å². The Balaban J connectivity index is 1.71. The zero-order valence-corrected chi connectivity index (χ0v) is 22.3. The quantitative estimate of drug-likeness (QED) is 0.158. The summed E-state index contributed by atoms with van der Waals surface area (Å²) in [5.74, 6) is 0.861. The first kappa shape index (κ1) is 24.3. The SMILES string of the molecule is CCCCOc1ccc2cccnc2c1-c1c(P(c2ccccc2)c2ccccc2)ccc2cccnc12. The lowest BCUT2D eigenvalue weighted by molar-refractivity contribution is 0.311. The van der Waals surface area contributed by atoms with E-state index in [1.54, 1.807) is 0 Å². The van der Waals surface area contributed by atoms with E-state index in [0.29, 0.717) is 6.61 Å². The third-order valence-corrected chi connectivity index (χ3v) is 9.25. The molecule has 6 aromatic rings. The Hall–Kier alpha value is -4.07. The molecule has 0 aliphatic heterocycles. The van der Waals surface area contributed by atoms with Crippen LogP contribution in [0, 0.1) is 0 Å². The Morgan fingerprint density at radius 1 is 0.605 bits per heavy atom. The maximum atomic E-state index is 6.47. The molecule has 0 bridgehead atoms. The van der Waals surface area contributed by atoms with Gasteiger partial charge in [-0.05, 0) is 54.5 Å².